The van der Waals surface area contributed by atoms with Crippen LogP contribution in [-0.2, 0) is 16.0 Å². The van der Waals surface area contributed by atoms with E-state index in [0.717, 1.165) is 48.3 Å². The molecule has 0 bridgehead atoms. The summed E-state index contributed by atoms with van der Waals surface area (Å²) in [6.45, 7) is 0.630. The predicted molar refractivity (Wildman–Crippen MR) is 142 cm³/mol. The van der Waals surface area contributed by atoms with Crippen molar-refractivity contribution in [3.8, 4) is 5.75 Å². The minimum atomic E-state index is -0.322. The number of aryl methyl sites for hydroxylation is 1. The molecular weight excluding hydrogens is 450 g/mol. The minimum absolute atomic E-state index is 0.00767. The van der Waals surface area contributed by atoms with Crippen LogP contribution in [0, 0.1) is 0 Å². The summed E-state index contributed by atoms with van der Waals surface area (Å²) in [6.07, 6.45) is 11.3. The molecule has 3 aromatic rings. The first-order valence-corrected chi connectivity index (χ1v) is 12.3. The molecule has 36 heavy (non-hydrogen) atoms. The lowest BCUT2D eigenvalue weighted by Gasteiger charge is -2.14. The zero-order valence-electron chi connectivity index (χ0n) is 20.1. The number of nitrogens with zero attached hydrogens (tertiary/aromatic N) is 1. The van der Waals surface area contributed by atoms with Crippen LogP contribution >= 0.6 is 0 Å². The molecule has 0 unspecified atom stereocenters. The first kappa shape index (κ1) is 24.9. The Labute approximate surface area is 211 Å². The minimum Gasteiger partial charge on any atom is -0.494 e. The maximum absolute atomic E-state index is 12.2. The Bertz CT molecular complexity index is 1220. The number of carbonyl (C=O) groups is 3. The van der Waals surface area contributed by atoms with Gasteiger partial charge in [-0.1, -0.05) is 73.5 Å². The topological polar surface area (TPSA) is 63.7 Å². The van der Waals surface area contributed by atoms with E-state index in [4.69, 9.17) is 4.74 Å². The van der Waals surface area contributed by atoms with Gasteiger partial charge in [0.25, 0.3) is 11.8 Å². The van der Waals surface area contributed by atoms with Gasteiger partial charge < -0.3 is 4.74 Å². The van der Waals surface area contributed by atoms with Crippen LogP contribution in [0.25, 0.3) is 6.08 Å². The van der Waals surface area contributed by atoms with Crippen molar-refractivity contribution in [3.05, 3.63) is 114 Å². The van der Waals surface area contributed by atoms with Crippen LogP contribution in [0.5, 0.6) is 5.75 Å². The van der Waals surface area contributed by atoms with Gasteiger partial charge in [-0.2, -0.15) is 0 Å². The van der Waals surface area contributed by atoms with Crippen molar-refractivity contribution in [2.24, 2.45) is 0 Å². The van der Waals surface area contributed by atoms with E-state index in [2.05, 4.69) is 24.3 Å². The van der Waals surface area contributed by atoms with Gasteiger partial charge in [-0.05, 0) is 60.7 Å². The highest BCUT2D eigenvalue weighted by atomic mass is 16.5. The number of allylic oxidation sites excluding steroid dienone is 1. The van der Waals surface area contributed by atoms with Crippen LogP contribution in [0.1, 0.15) is 47.2 Å². The third kappa shape index (κ3) is 6.89. The van der Waals surface area contributed by atoms with Crippen LogP contribution < -0.4 is 9.64 Å². The average Bonchev–Trinajstić information content (AvgIpc) is 3.25. The summed E-state index contributed by atoms with van der Waals surface area (Å²) in [5, 5.41) is 0. The predicted octanol–water partition coefficient (Wildman–Crippen LogP) is 6.19. The second-order valence-corrected chi connectivity index (χ2v) is 8.66. The molecule has 5 nitrogen and oxygen atoms in total. The number of rotatable bonds is 12. The van der Waals surface area contributed by atoms with E-state index in [1.807, 2.05) is 36.4 Å². The molecule has 0 radical (unpaired) electrons. The number of hydrogen-bond donors (Lipinski definition) is 0. The highest BCUT2D eigenvalue weighted by Crippen LogP contribution is 2.22. The van der Waals surface area contributed by atoms with Gasteiger partial charge in [-0.25, -0.2) is 4.90 Å². The van der Waals surface area contributed by atoms with E-state index in [1.54, 1.807) is 30.3 Å². The third-order valence-electron chi connectivity index (χ3n) is 6.00. The summed E-state index contributed by atoms with van der Waals surface area (Å²) in [5.41, 5.74) is 3.55. The molecule has 2 amide bonds. The van der Waals surface area contributed by atoms with Crippen molar-refractivity contribution in [1.29, 1.82) is 0 Å². The Morgan fingerprint density at radius 3 is 2.11 bits per heavy atom. The molecule has 5 heteroatoms. The second-order valence-electron chi connectivity index (χ2n) is 8.66. The van der Waals surface area contributed by atoms with Crippen LogP contribution in [0.3, 0.4) is 0 Å². The van der Waals surface area contributed by atoms with Gasteiger partial charge >= 0.3 is 0 Å². The summed E-state index contributed by atoms with van der Waals surface area (Å²) in [4.78, 5) is 36.8. The molecule has 1 aliphatic heterocycles. The first-order chi connectivity index (χ1) is 17.6. The van der Waals surface area contributed by atoms with Gasteiger partial charge in [-0.15, -0.1) is 0 Å². The molecule has 0 fully saturated rings. The van der Waals surface area contributed by atoms with Crippen LogP contribution in [0.15, 0.2) is 97.1 Å². The van der Waals surface area contributed by atoms with E-state index < -0.39 is 0 Å². The van der Waals surface area contributed by atoms with E-state index in [0.29, 0.717) is 17.9 Å². The summed E-state index contributed by atoms with van der Waals surface area (Å²) in [6, 6.07) is 24.6. The summed E-state index contributed by atoms with van der Waals surface area (Å²) in [7, 11) is 0. The molecule has 0 N–H and O–H groups in total. The normalized spacial score (nSPS) is 13.1. The largest absolute Gasteiger partial charge is 0.494 e. The standard InChI is InChI=1S/C31H29NO4/c33-29(26-9-5-3-6-10-26)20-15-25-13-11-24(12-14-25)8-4-1-2-7-23-36-28-18-16-27(17-19-28)32-30(34)21-22-31(32)35/h3,5-6,9-22H,1-2,4,7-8,23H2. The first-order valence-electron chi connectivity index (χ1n) is 12.3. The molecule has 3 aromatic carbocycles. The van der Waals surface area contributed by atoms with Crippen molar-refractivity contribution in [2.45, 2.75) is 32.1 Å². The van der Waals surface area contributed by atoms with Gasteiger partial charge in [0.05, 0.1) is 12.3 Å². The molecule has 1 aliphatic rings. The number of benzene rings is 3. The summed E-state index contributed by atoms with van der Waals surface area (Å²) < 4.78 is 5.79. The molecule has 0 aliphatic carbocycles. The van der Waals surface area contributed by atoms with Gasteiger partial charge in [0, 0.05) is 17.7 Å². The molecule has 0 atom stereocenters. The maximum atomic E-state index is 12.2. The van der Waals surface area contributed by atoms with Crippen LogP contribution in [-0.4, -0.2) is 24.2 Å². The van der Waals surface area contributed by atoms with Gasteiger partial charge in [0.15, 0.2) is 5.78 Å². The van der Waals surface area contributed by atoms with Crippen molar-refractivity contribution in [2.75, 3.05) is 11.5 Å². The zero-order chi connectivity index (χ0) is 25.2. The fraction of sp³-hybridized carbons (Fsp3) is 0.194. The molecular formula is C31H29NO4. The van der Waals surface area contributed by atoms with Crippen LogP contribution in [0.4, 0.5) is 5.69 Å². The lowest BCUT2D eigenvalue weighted by atomic mass is 10.0. The lowest BCUT2D eigenvalue weighted by molar-refractivity contribution is -0.119. The Morgan fingerprint density at radius 1 is 0.750 bits per heavy atom. The van der Waals surface area contributed by atoms with E-state index in [9.17, 15) is 14.4 Å². The number of ketones is 1. The highest BCUT2D eigenvalue weighted by molar-refractivity contribution is 6.28. The quantitative estimate of drug-likeness (QED) is 0.134. The Morgan fingerprint density at radius 2 is 1.42 bits per heavy atom. The molecule has 0 saturated carbocycles. The number of carbonyl (C=O) groups excluding carboxylic acids is 3. The third-order valence-corrected chi connectivity index (χ3v) is 6.00. The summed E-state index contributed by atoms with van der Waals surface area (Å²) in [5.74, 6) is 0.0900. The number of hydrogen-bond acceptors (Lipinski definition) is 4. The molecule has 1 heterocycles. The van der Waals surface area contributed by atoms with Crippen molar-refractivity contribution >= 4 is 29.4 Å². The molecule has 0 aromatic heterocycles. The number of ether oxygens (including phenoxy) is 1. The monoisotopic (exact) mass is 479 g/mol. The fourth-order valence-corrected chi connectivity index (χ4v) is 3.99. The molecule has 0 saturated heterocycles. The summed E-state index contributed by atoms with van der Waals surface area (Å²) >= 11 is 0. The van der Waals surface area contributed by atoms with Crippen molar-refractivity contribution in [3.63, 3.8) is 0 Å². The van der Waals surface area contributed by atoms with Crippen molar-refractivity contribution in [1.82, 2.24) is 0 Å². The van der Waals surface area contributed by atoms with E-state index in [1.165, 1.54) is 17.7 Å². The van der Waals surface area contributed by atoms with Crippen LogP contribution in [0.2, 0.25) is 0 Å². The number of unbranched alkanes of at least 4 members (excludes halogenated alkanes) is 3. The smallest absolute Gasteiger partial charge is 0.258 e. The number of anilines is 1. The lowest BCUT2D eigenvalue weighted by Crippen LogP contribution is -2.29. The fourth-order valence-electron chi connectivity index (χ4n) is 3.99. The number of imide groups is 1. The van der Waals surface area contributed by atoms with E-state index in [-0.39, 0.29) is 17.6 Å². The number of amides is 2. The Hall–Kier alpha value is -4.25. The Kier molecular flexibility index (Phi) is 8.60. The van der Waals surface area contributed by atoms with Gasteiger partial charge in [0.2, 0.25) is 0 Å². The Balaban J connectivity index is 1.10. The maximum Gasteiger partial charge on any atom is 0.258 e. The molecule has 0 spiro atoms. The molecule has 182 valence electrons. The second kappa shape index (κ2) is 12.5. The highest BCUT2D eigenvalue weighted by Gasteiger charge is 2.24. The molecule has 4 rings (SSSR count). The van der Waals surface area contributed by atoms with Gasteiger partial charge in [-0.3, -0.25) is 14.4 Å². The van der Waals surface area contributed by atoms with E-state index >= 15 is 0 Å². The zero-order valence-corrected chi connectivity index (χ0v) is 20.1. The van der Waals surface area contributed by atoms with Crippen molar-refractivity contribution < 1.29 is 19.1 Å². The average molecular weight is 480 g/mol. The SMILES string of the molecule is O=C(C=Cc1ccc(CCCCCCOc2ccc(N3C(=O)C=CC3=O)cc2)cc1)c1ccccc1. The van der Waals surface area contributed by atoms with Gasteiger partial charge in [0.1, 0.15) is 5.75 Å².